The van der Waals surface area contributed by atoms with Gasteiger partial charge in [-0.3, -0.25) is 0 Å². The molecule has 0 spiro atoms. The van der Waals surface area contributed by atoms with E-state index < -0.39 is 0 Å². The number of hydrogen-bond donors (Lipinski definition) is 1. The van der Waals surface area contributed by atoms with Crippen LogP contribution in [0.5, 0.6) is 0 Å². The lowest BCUT2D eigenvalue weighted by Gasteiger charge is -2.04. The van der Waals surface area contributed by atoms with Crippen LogP contribution in [0.2, 0.25) is 0 Å². The molecule has 0 atom stereocenters. The summed E-state index contributed by atoms with van der Waals surface area (Å²) >= 11 is 2.97. The van der Waals surface area contributed by atoms with Gasteiger partial charge >= 0.3 is 0 Å². The van der Waals surface area contributed by atoms with Gasteiger partial charge < -0.3 is 10.6 Å². The molecule has 2 N–H and O–H groups in total. The summed E-state index contributed by atoms with van der Waals surface area (Å²) in [5.74, 6) is 0.500. The molecule has 0 aliphatic rings. The minimum absolute atomic E-state index is 0.500. The fraction of sp³-hybridized carbons (Fsp3) is 0.333. The Bertz CT molecular complexity index is 524. The molecule has 0 aliphatic heterocycles. The molecule has 0 fully saturated rings. The number of nitrogens with zero attached hydrogens (tertiary/aromatic N) is 5. The normalized spacial score (nSPS) is 10.5. The van der Waals surface area contributed by atoms with Crippen LogP contribution in [-0.4, -0.2) is 34.3 Å². The maximum absolute atomic E-state index is 5.72. The zero-order valence-electron chi connectivity index (χ0n) is 9.71. The number of aromatic nitrogens is 4. The molecule has 2 heterocycles. The summed E-state index contributed by atoms with van der Waals surface area (Å²) in [7, 11) is 3.87. The average molecular weight is 268 g/mol. The van der Waals surface area contributed by atoms with Gasteiger partial charge in [0.15, 0.2) is 4.34 Å². The third kappa shape index (κ3) is 2.64. The van der Waals surface area contributed by atoms with Crippen LogP contribution >= 0.6 is 23.1 Å². The van der Waals surface area contributed by atoms with Crippen molar-refractivity contribution in [1.29, 1.82) is 0 Å². The lowest BCUT2D eigenvalue weighted by atomic mass is 10.4. The minimum atomic E-state index is 0.500. The Balaban J connectivity index is 2.22. The topological polar surface area (TPSA) is 80.8 Å². The lowest BCUT2D eigenvalue weighted by Crippen LogP contribution is -2.07. The quantitative estimate of drug-likeness (QED) is 0.843. The van der Waals surface area contributed by atoms with Crippen LogP contribution in [0.3, 0.4) is 0 Å². The molecule has 8 heteroatoms. The molecule has 17 heavy (non-hydrogen) atoms. The number of hydrogen-bond acceptors (Lipinski definition) is 8. The molecule has 2 rings (SSSR count). The molecule has 0 amide bonds. The fourth-order valence-electron chi connectivity index (χ4n) is 1.06. The summed E-state index contributed by atoms with van der Waals surface area (Å²) < 4.78 is 0.843. The summed E-state index contributed by atoms with van der Waals surface area (Å²) in [6.07, 6.45) is 1.46. The second-order valence-electron chi connectivity index (χ2n) is 3.54. The SMILES string of the molecule is Cc1c(N)ncnc1Sc1nnc(N(C)C)s1. The van der Waals surface area contributed by atoms with Crippen molar-refractivity contribution in [2.45, 2.75) is 16.3 Å². The molecule has 0 saturated heterocycles. The third-order valence-electron chi connectivity index (χ3n) is 2.04. The molecule has 6 nitrogen and oxygen atoms in total. The van der Waals surface area contributed by atoms with Crippen molar-refractivity contribution in [3.63, 3.8) is 0 Å². The predicted molar refractivity (Wildman–Crippen MR) is 69.5 cm³/mol. The van der Waals surface area contributed by atoms with Crippen molar-refractivity contribution in [3.05, 3.63) is 11.9 Å². The van der Waals surface area contributed by atoms with Crippen LogP contribution < -0.4 is 10.6 Å². The first-order chi connectivity index (χ1) is 8.08. The smallest absolute Gasteiger partial charge is 0.208 e. The molecule has 0 unspecified atom stereocenters. The van der Waals surface area contributed by atoms with Gasteiger partial charge in [-0.1, -0.05) is 11.3 Å². The van der Waals surface area contributed by atoms with Gasteiger partial charge in [0.25, 0.3) is 0 Å². The summed E-state index contributed by atoms with van der Waals surface area (Å²) in [4.78, 5) is 10.0. The van der Waals surface area contributed by atoms with Crippen molar-refractivity contribution in [3.8, 4) is 0 Å². The van der Waals surface area contributed by atoms with Crippen LogP contribution in [0.25, 0.3) is 0 Å². The van der Waals surface area contributed by atoms with E-state index in [9.17, 15) is 0 Å². The largest absolute Gasteiger partial charge is 0.383 e. The van der Waals surface area contributed by atoms with Gasteiger partial charge in [0.05, 0.1) is 0 Å². The Morgan fingerprint density at radius 2 is 2.06 bits per heavy atom. The Hall–Kier alpha value is -1.41. The van der Waals surface area contributed by atoms with E-state index in [1.165, 1.54) is 29.4 Å². The summed E-state index contributed by atoms with van der Waals surface area (Å²) in [5, 5.41) is 9.84. The van der Waals surface area contributed by atoms with Crippen molar-refractivity contribution in [2.75, 3.05) is 24.7 Å². The van der Waals surface area contributed by atoms with Crippen molar-refractivity contribution < 1.29 is 0 Å². The maximum Gasteiger partial charge on any atom is 0.208 e. The van der Waals surface area contributed by atoms with Crippen LogP contribution in [0.4, 0.5) is 10.9 Å². The van der Waals surface area contributed by atoms with E-state index >= 15 is 0 Å². The highest BCUT2D eigenvalue weighted by Gasteiger charge is 2.11. The van der Waals surface area contributed by atoms with E-state index in [1.54, 1.807) is 0 Å². The molecule has 0 saturated carbocycles. The van der Waals surface area contributed by atoms with E-state index in [-0.39, 0.29) is 0 Å². The standard InChI is InChI=1S/C9H12N6S2/c1-5-6(10)11-4-12-7(5)16-9-14-13-8(17-9)15(2)3/h4H,1-3H3,(H2,10,11,12). The first-order valence-electron chi connectivity index (χ1n) is 4.83. The van der Waals surface area contributed by atoms with Gasteiger partial charge in [0.2, 0.25) is 5.13 Å². The van der Waals surface area contributed by atoms with Crippen molar-refractivity contribution in [2.24, 2.45) is 0 Å². The lowest BCUT2D eigenvalue weighted by molar-refractivity contribution is 0.964. The number of rotatable bonds is 3. The molecule has 2 aromatic heterocycles. The molecule has 2 aromatic rings. The number of nitrogen functional groups attached to an aromatic ring is 1. The van der Waals surface area contributed by atoms with Crippen LogP contribution in [0.1, 0.15) is 5.56 Å². The molecule has 0 radical (unpaired) electrons. The minimum Gasteiger partial charge on any atom is -0.383 e. The summed E-state index contributed by atoms with van der Waals surface area (Å²) in [5.41, 5.74) is 6.60. The van der Waals surface area contributed by atoms with Gasteiger partial charge in [-0.15, -0.1) is 10.2 Å². The number of anilines is 2. The van der Waals surface area contributed by atoms with Crippen LogP contribution in [-0.2, 0) is 0 Å². The Kier molecular flexibility index (Phi) is 3.43. The van der Waals surface area contributed by atoms with Gasteiger partial charge in [-0.2, -0.15) is 0 Å². The maximum atomic E-state index is 5.72. The highest BCUT2D eigenvalue weighted by Crippen LogP contribution is 2.33. The monoisotopic (exact) mass is 268 g/mol. The summed E-state index contributed by atoms with van der Waals surface area (Å²) in [6, 6.07) is 0. The average Bonchev–Trinajstić information content (AvgIpc) is 2.73. The first-order valence-corrected chi connectivity index (χ1v) is 6.47. The second kappa shape index (κ2) is 4.84. The molecule has 0 aromatic carbocycles. The zero-order valence-corrected chi connectivity index (χ0v) is 11.3. The van der Waals surface area contributed by atoms with Gasteiger partial charge in [0.1, 0.15) is 17.2 Å². The molecule has 0 aliphatic carbocycles. The van der Waals surface area contributed by atoms with E-state index in [4.69, 9.17) is 5.73 Å². The summed E-state index contributed by atoms with van der Waals surface area (Å²) in [6.45, 7) is 1.89. The van der Waals surface area contributed by atoms with Gasteiger partial charge in [-0.05, 0) is 18.7 Å². The van der Waals surface area contributed by atoms with Crippen LogP contribution in [0.15, 0.2) is 15.7 Å². The molecular weight excluding hydrogens is 256 g/mol. The van der Waals surface area contributed by atoms with E-state index in [0.717, 1.165) is 20.1 Å². The van der Waals surface area contributed by atoms with Crippen molar-refractivity contribution >= 4 is 34.0 Å². The Morgan fingerprint density at radius 3 is 2.71 bits per heavy atom. The Labute approximate surface area is 107 Å². The fourth-order valence-corrected chi connectivity index (χ4v) is 2.79. The van der Waals surface area contributed by atoms with Gasteiger partial charge in [0, 0.05) is 19.7 Å². The van der Waals surface area contributed by atoms with Crippen LogP contribution in [0, 0.1) is 6.92 Å². The molecule has 90 valence electrons. The Morgan fingerprint density at radius 1 is 1.29 bits per heavy atom. The molecule has 0 bridgehead atoms. The van der Waals surface area contributed by atoms with E-state index in [2.05, 4.69) is 20.2 Å². The third-order valence-corrected chi connectivity index (χ3v) is 4.29. The van der Waals surface area contributed by atoms with Gasteiger partial charge in [-0.25, -0.2) is 9.97 Å². The highest BCUT2D eigenvalue weighted by molar-refractivity contribution is 8.01. The van der Waals surface area contributed by atoms with E-state index in [0.29, 0.717) is 5.82 Å². The second-order valence-corrected chi connectivity index (χ2v) is 5.73. The highest BCUT2D eigenvalue weighted by atomic mass is 32.2. The van der Waals surface area contributed by atoms with E-state index in [1.807, 2.05) is 25.9 Å². The first kappa shape index (κ1) is 12.1. The predicted octanol–water partition coefficient (Wildman–Crippen LogP) is 1.44. The number of nitrogens with two attached hydrogens (primary N) is 1. The van der Waals surface area contributed by atoms with Crippen molar-refractivity contribution in [1.82, 2.24) is 20.2 Å². The molecular formula is C9H12N6S2. The zero-order chi connectivity index (χ0) is 12.4.